The quantitative estimate of drug-likeness (QED) is 0.575. The van der Waals surface area contributed by atoms with E-state index in [-0.39, 0.29) is 11.4 Å². The minimum absolute atomic E-state index is 0.0290. The highest BCUT2D eigenvalue weighted by Crippen LogP contribution is 2.33. The van der Waals surface area contributed by atoms with E-state index < -0.39 is 26.1 Å². The van der Waals surface area contributed by atoms with E-state index in [1.165, 1.54) is 12.1 Å². The number of nitrogens with zero attached hydrogens (tertiary/aromatic N) is 1. The first kappa shape index (κ1) is 19.8. The molecule has 1 aliphatic rings. The maximum absolute atomic E-state index is 11.9. The molecule has 0 radical (unpaired) electrons. The van der Waals surface area contributed by atoms with E-state index in [0.717, 1.165) is 22.3 Å². The maximum Gasteiger partial charge on any atom is 0.330 e. The number of hydrogen-bond donors (Lipinski definition) is 4. The highest BCUT2D eigenvalue weighted by molar-refractivity contribution is 7.92. The molecule has 0 aromatic heterocycles. The second kappa shape index (κ2) is 6.91. The number of aromatic hydroxyl groups is 1. The van der Waals surface area contributed by atoms with Crippen LogP contribution in [0, 0.1) is 6.92 Å². The van der Waals surface area contributed by atoms with Crippen LogP contribution in [0.1, 0.15) is 16.7 Å². The zero-order valence-corrected chi connectivity index (χ0v) is 16.7. The van der Waals surface area contributed by atoms with Crippen molar-refractivity contribution in [2.45, 2.75) is 13.3 Å². The lowest BCUT2D eigenvalue weighted by Crippen LogP contribution is -2.29. The van der Waals surface area contributed by atoms with Gasteiger partial charge in [-0.3, -0.25) is 4.72 Å². The van der Waals surface area contributed by atoms with Gasteiger partial charge in [-0.25, -0.2) is 17.4 Å². The average molecular weight is 425 g/mol. The van der Waals surface area contributed by atoms with Gasteiger partial charge in [0.05, 0.1) is 18.1 Å². The van der Waals surface area contributed by atoms with Gasteiger partial charge in [0.2, 0.25) is 15.9 Å². The Labute approximate surface area is 163 Å². The van der Waals surface area contributed by atoms with Gasteiger partial charge in [0.15, 0.2) is 0 Å². The maximum atomic E-state index is 11.9. The molecule has 0 bridgehead atoms. The molecule has 0 amide bonds. The zero-order chi connectivity index (χ0) is 20.7. The van der Waals surface area contributed by atoms with E-state index in [1.807, 2.05) is 17.7 Å². The van der Waals surface area contributed by atoms with Gasteiger partial charge >= 0.3 is 10.2 Å². The van der Waals surface area contributed by atoms with Crippen LogP contribution in [0.25, 0.3) is 0 Å². The molecule has 2 aromatic carbocycles. The lowest BCUT2D eigenvalue weighted by Gasteiger charge is -2.17. The Balaban J connectivity index is 1.92. The molecular weight excluding hydrogens is 406 g/mol. The van der Waals surface area contributed by atoms with Gasteiger partial charge in [-0.2, -0.15) is 8.42 Å². The fourth-order valence-corrected chi connectivity index (χ4v) is 4.47. The highest BCUT2D eigenvalue weighted by atomic mass is 32.2. The Kier molecular flexibility index (Phi) is 4.90. The van der Waals surface area contributed by atoms with Gasteiger partial charge in [-0.1, -0.05) is 18.2 Å². The van der Waals surface area contributed by atoms with Crippen LogP contribution in [-0.2, 0) is 26.7 Å². The number of hydrogen-bond acceptors (Lipinski definition) is 6. The Morgan fingerprint density at radius 3 is 2.43 bits per heavy atom. The first-order chi connectivity index (χ1) is 12.9. The molecule has 2 aromatic rings. The molecule has 0 unspecified atom stereocenters. The summed E-state index contributed by atoms with van der Waals surface area (Å²) in [5, 5.41) is 19.7. The van der Waals surface area contributed by atoms with Gasteiger partial charge in [-0.05, 0) is 48.2 Å². The van der Waals surface area contributed by atoms with E-state index in [4.69, 9.17) is 0 Å². The lowest BCUT2D eigenvalue weighted by molar-refractivity contribution is 0.392. The molecule has 11 heteroatoms. The predicted molar refractivity (Wildman–Crippen MR) is 106 cm³/mol. The smallest absolute Gasteiger partial charge is 0.330 e. The molecule has 1 aliphatic heterocycles. The SMILES string of the molecule is Cc1ccc(Cc2ccc(N3C=C(O)NS3(=O)=O)c(O)c2)c(NS(C)(=O)=O)c1. The second-order valence-electron chi connectivity index (χ2n) is 6.45. The summed E-state index contributed by atoms with van der Waals surface area (Å²) in [4.78, 5) is 0. The van der Waals surface area contributed by atoms with Gasteiger partial charge in [0.25, 0.3) is 0 Å². The third-order valence-electron chi connectivity index (χ3n) is 3.96. The van der Waals surface area contributed by atoms with Crippen molar-refractivity contribution in [2.75, 3.05) is 15.3 Å². The fourth-order valence-electron chi connectivity index (χ4n) is 2.81. The van der Waals surface area contributed by atoms with Gasteiger partial charge in [0, 0.05) is 0 Å². The Morgan fingerprint density at radius 1 is 1.14 bits per heavy atom. The highest BCUT2D eigenvalue weighted by Gasteiger charge is 2.30. The van der Waals surface area contributed by atoms with Crippen LogP contribution in [-0.4, -0.2) is 33.3 Å². The first-order valence-electron chi connectivity index (χ1n) is 8.07. The molecule has 0 aliphatic carbocycles. The summed E-state index contributed by atoms with van der Waals surface area (Å²) in [5.41, 5.74) is 2.62. The van der Waals surface area contributed by atoms with E-state index in [0.29, 0.717) is 23.2 Å². The summed E-state index contributed by atoms with van der Waals surface area (Å²) in [6, 6.07) is 9.73. The topological polar surface area (TPSA) is 136 Å². The number of rotatable bonds is 5. The molecule has 0 atom stereocenters. The lowest BCUT2D eigenvalue weighted by atomic mass is 10.0. The number of anilines is 2. The van der Waals surface area contributed by atoms with Crippen molar-refractivity contribution in [1.29, 1.82) is 0 Å². The standard InChI is InChI=1S/C17H19N3O6S2/c1-11-3-5-13(14(7-11)18-27(2,23)24)8-12-4-6-15(16(21)9-12)20-10-17(22)19-28(20,25)26/h3-7,9-10,18-19,21-22H,8H2,1-2H3. The van der Waals surface area contributed by atoms with E-state index in [1.54, 1.807) is 18.2 Å². The molecule has 0 spiro atoms. The number of benzene rings is 2. The number of aliphatic hydroxyl groups is 1. The van der Waals surface area contributed by atoms with Gasteiger partial charge in [0.1, 0.15) is 11.4 Å². The van der Waals surface area contributed by atoms with Crippen molar-refractivity contribution in [3.05, 3.63) is 65.2 Å². The van der Waals surface area contributed by atoms with Crippen molar-refractivity contribution in [2.24, 2.45) is 0 Å². The van der Waals surface area contributed by atoms with Crippen LogP contribution in [0.5, 0.6) is 5.75 Å². The summed E-state index contributed by atoms with van der Waals surface area (Å²) in [6.07, 6.45) is 2.31. The van der Waals surface area contributed by atoms with Crippen LogP contribution < -0.4 is 13.7 Å². The number of nitrogens with one attached hydrogen (secondary N) is 2. The van der Waals surface area contributed by atoms with Crippen LogP contribution in [0.15, 0.2) is 48.5 Å². The third kappa shape index (κ3) is 4.31. The van der Waals surface area contributed by atoms with Crippen molar-refractivity contribution in [1.82, 2.24) is 4.72 Å². The Morgan fingerprint density at radius 2 is 1.86 bits per heavy atom. The van der Waals surface area contributed by atoms with Crippen molar-refractivity contribution in [3.8, 4) is 5.75 Å². The van der Waals surface area contributed by atoms with E-state index in [9.17, 15) is 27.0 Å². The van der Waals surface area contributed by atoms with Crippen LogP contribution in [0.4, 0.5) is 11.4 Å². The largest absolute Gasteiger partial charge is 0.506 e. The minimum Gasteiger partial charge on any atom is -0.506 e. The summed E-state index contributed by atoms with van der Waals surface area (Å²) in [5.74, 6) is -0.863. The van der Waals surface area contributed by atoms with E-state index in [2.05, 4.69) is 4.72 Å². The molecule has 150 valence electrons. The summed E-state index contributed by atoms with van der Waals surface area (Å²) < 4.78 is 52.2. The number of sulfonamides is 1. The Hall–Kier alpha value is -2.92. The number of aliphatic hydroxyl groups excluding tert-OH is 1. The van der Waals surface area contributed by atoms with Gasteiger partial charge in [-0.15, -0.1) is 0 Å². The van der Waals surface area contributed by atoms with Crippen molar-refractivity contribution >= 4 is 31.6 Å². The molecule has 4 N–H and O–H groups in total. The predicted octanol–water partition coefficient (Wildman–Crippen LogP) is 1.67. The van der Waals surface area contributed by atoms with Crippen LogP contribution >= 0.6 is 0 Å². The minimum atomic E-state index is -4.01. The summed E-state index contributed by atoms with van der Waals surface area (Å²) >= 11 is 0. The molecule has 28 heavy (non-hydrogen) atoms. The molecule has 0 saturated carbocycles. The summed E-state index contributed by atoms with van der Waals surface area (Å²) in [7, 11) is -7.47. The number of phenols is 1. The van der Waals surface area contributed by atoms with E-state index >= 15 is 0 Å². The zero-order valence-electron chi connectivity index (χ0n) is 15.0. The normalized spacial score (nSPS) is 15.8. The van der Waals surface area contributed by atoms with Crippen molar-refractivity contribution < 1.29 is 27.0 Å². The number of aryl methyl sites for hydroxylation is 1. The first-order valence-corrected chi connectivity index (χ1v) is 11.4. The fraction of sp³-hybridized carbons (Fsp3) is 0.176. The molecule has 0 fully saturated rings. The van der Waals surface area contributed by atoms with Crippen LogP contribution in [0.2, 0.25) is 0 Å². The molecule has 1 heterocycles. The molecule has 9 nitrogen and oxygen atoms in total. The average Bonchev–Trinajstić information content (AvgIpc) is 2.81. The van der Waals surface area contributed by atoms with Gasteiger partial charge < -0.3 is 10.2 Å². The molecule has 3 rings (SSSR count). The Bertz CT molecular complexity index is 1170. The molecule has 0 saturated heterocycles. The van der Waals surface area contributed by atoms with Crippen molar-refractivity contribution in [3.63, 3.8) is 0 Å². The monoisotopic (exact) mass is 425 g/mol. The molecular formula is C17H19N3O6S2. The second-order valence-corrected chi connectivity index (χ2v) is 9.75. The number of phenolic OH excluding ortho intramolecular Hbond substituents is 1. The third-order valence-corrected chi connectivity index (χ3v) is 5.84. The van der Waals surface area contributed by atoms with Crippen LogP contribution in [0.3, 0.4) is 0 Å². The summed E-state index contributed by atoms with van der Waals surface area (Å²) in [6.45, 7) is 1.84.